The largest absolute Gasteiger partial charge is 0.383 e. The van der Waals surface area contributed by atoms with E-state index in [4.69, 9.17) is 0 Å². The zero-order chi connectivity index (χ0) is 23.8. The molecular weight excluding hydrogens is 432 g/mol. The highest BCUT2D eigenvalue weighted by Crippen LogP contribution is 2.30. The molecule has 2 aromatic rings. The molecule has 1 aliphatic rings. The second-order valence-corrected chi connectivity index (χ2v) is 9.90. The monoisotopic (exact) mass is 460 g/mol. The normalized spacial score (nSPS) is 15.0. The van der Waals surface area contributed by atoms with Crippen LogP contribution < -0.4 is 5.32 Å². The lowest BCUT2D eigenvalue weighted by molar-refractivity contribution is -0.384. The molecule has 2 aromatic carbocycles. The first-order chi connectivity index (χ1) is 15.0. The van der Waals surface area contributed by atoms with Crippen LogP contribution in [0.1, 0.15) is 32.6 Å². The van der Waals surface area contributed by atoms with Crippen LogP contribution in [-0.2, 0) is 10.0 Å². The SMILES string of the molecule is CNc1ccc(C(=O)N2CCN(S(=O)(=O)c3c(C)c(C)cc(C)c3C)CC2)cc1[N+](=O)[O-]. The summed E-state index contributed by atoms with van der Waals surface area (Å²) in [5.41, 5.74) is 3.67. The Morgan fingerprint density at radius 1 is 1.00 bits per heavy atom. The number of anilines is 1. The Bertz CT molecular complexity index is 1160. The number of benzene rings is 2. The molecule has 9 nitrogen and oxygen atoms in total. The molecule has 0 saturated carbocycles. The third-order valence-corrected chi connectivity index (χ3v) is 8.30. The molecule has 1 aliphatic heterocycles. The van der Waals surface area contributed by atoms with Gasteiger partial charge in [-0.3, -0.25) is 14.9 Å². The van der Waals surface area contributed by atoms with Crippen molar-refractivity contribution < 1.29 is 18.1 Å². The van der Waals surface area contributed by atoms with Gasteiger partial charge in [0.15, 0.2) is 0 Å². The molecule has 1 amide bonds. The Morgan fingerprint density at radius 3 is 2.06 bits per heavy atom. The number of nitro benzene ring substituents is 1. The van der Waals surface area contributed by atoms with E-state index >= 15 is 0 Å². The molecule has 1 heterocycles. The third kappa shape index (κ3) is 4.20. The second kappa shape index (κ2) is 8.87. The maximum atomic E-state index is 13.4. The van der Waals surface area contributed by atoms with Gasteiger partial charge < -0.3 is 10.2 Å². The molecule has 32 heavy (non-hydrogen) atoms. The molecule has 1 saturated heterocycles. The van der Waals surface area contributed by atoms with Gasteiger partial charge in [0.1, 0.15) is 5.69 Å². The van der Waals surface area contributed by atoms with Crippen molar-refractivity contribution in [2.45, 2.75) is 32.6 Å². The quantitative estimate of drug-likeness (QED) is 0.542. The Balaban J connectivity index is 1.81. The van der Waals surface area contributed by atoms with Crippen molar-refractivity contribution in [2.75, 3.05) is 38.5 Å². The number of amides is 1. The van der Waals surface area contributed by atoms with E-state index < -0.39 is 14.9 Å². The molecule has 172 valence electrons. The molecule has 1 fully saturated rings. The molecule has 0 aromatic heterocycles. The number of sulfonamides is 1. The molecule has 1 N–H and O–H groups in total. The molecular formula is C22H28N4O5S. The lowest BCUT2D eigenvalue weighted by Gasteiger charge is -2.34. The Labute approximate surface area is 188 Å². The Morgan fingerprint density at radius 2 is 1.56 bits per heavy atom. The van der Waals surface area contributed by atoms with Gasteiger partial charge in [-0.2, -0.15) is 4.31 Å². The van der Waals surface area contributed by atoms with E-state index in [1.54, 1.807) is 7.05 Å². The van der Waals surface area contributed by atoms with E-state index in [9.17, 15) is 23.3 Å². The standard InChI is InChI=1S/C22H28N4O5S/c1-14-12-15(2)17(4)21(16(14)3)32(30,31)25-10-8-24(9-11-25)22(27)18-6-7-19(23-5)20(13-18)26(28)29/h6-7,12-13,23H,8-11H2,1-5H3. The van der Waals surface area contributed by atoms with Crippen molar-refractivity contribution in [1.82, 2.24) is 9.21 Å². The van der Waals surface area contributed by atoms with Crippen LogP contribution in [0.25, 0.3) is 0 Å². The predicted molar refractivity (Wildman–Crippen MR) is 123 cm³/mol. The number of hydrogen-bond acceptors (Lipinski definition) is 6. The number of nitrogens with one attached hydrogen (secondary N) is 1. The van der Waals surface area contributed by atoms with Gasteiger partial charge in [0.2, 0.25) is 10.0 Å². The first-order valence-corrected chi connectivity index (χ1v) is 11.8. The highest BCUT2D eigenvalue weighted by molar-refractivity contribution is 7.89. The van der Waals surface area contributed by atoms with Gasteiger partial charge >= 0.3 is 0 Å². The number of carbonyl (C=O) groups is 1. The summed E-state index contributed by atoms with van der Waals surface area (Å²) in [5.74, 6) is -0.355. The van der Waals surface area contributed by atoms with Crippen molar-refractivity contribution in [3.63, 3.8) is 0 Å². The number of rotatable bonds is 5. The number of nitro groups is 1. The number of carbonyl (C=O) groups excluding carboxylic acids is 1. The van der Waals surface area contributed by atoms with Crippen LogP contribution in [-0.4, -0.2) is 61.7 Å². The van der Waals surface area contributed by atoms with Crippen LogP contribution in [0.2, 0.25) is 0 Å². The number of nitrogens with zero attached hydrogens (tertiary/aromatic N) is 3. The molecule has 0 radical (unpaired) electrons. The minimum absolute atomic E-state index is 0.163. The fraction of sp³-hybridized carbons (Fsp3) is 0.409. The van der Waals surface area contributed by atoms with E-state index in [0.29, 0.717) is 10.6 Å². The first kappa shape index (κ1) is 23.7. The van der Waals surface area contributed by atoms with E-state index in [0.717, 1.165) is 22.3 Å². The summed E-state index contributed by atoms with van der Waals surface area (Å²) in [6, 6.07) is 6.27. The van der Waals surface area contributed by atoms with Crippen molar-refractivity contribution in [3.05, 3.63) is 62.2 Å². The first-order valence-electron chi connectivity index (χ1n) is 10.3. The topological polar surface area (TPSA) is 113 Å². The third-order valence-electron chi connectivity index (χ3n) is 6.13. The summed E-state index contributed by atoms with van der Waals surface area (Å²) in [5, 5.41) is 14.0. The summed E-state index contributed by atoms with van der Waals surface area (Å²) < 4.78 is 28.2. The van der Waals surface area contributed by atoms with Crippen molar-refractivity contribution in [3.8, 4) is 0 Å². The van der Waals surface area contributed by atoms with Crippen molar-refractivity contribution in [1.29, 1.82) is 0 Å². The van der Waals surface area contributed by atoms with Gasteiger partial charge in [-0.25, -0.2) is 8.42 Å². The van der Waals surface area contributed by atoms with Crippen LogP contribution in [0.3, 0.4) is 0 Å². The van der Waals surface area contributed by atoms with Gasteiger partial charge in [0, 0.05) is 44.9 Å². The summed E-state index contributed by atoms with van der Waals surface area (Å²) in [4.78, 5) is 25.5. The second-order valence-electron chi connectivity index (χ2n) is 8.02. The van der Waals surface area contributed by atoms with E-state index in [-0.39, 0.29) is 43.3 Å². The van der Waals surface area contributed by atoms with E-state index in [1.807, 2.05) is 33.8 Å². The Kier molecular flexibility index (Phi) is 6.56. The average Bonchev–Trinajstić information content (AvgIpc) is 2.76. The summed E-state index contributed by atoms with van der Waals surface area (Å²) in [6.07, 6.45) is 0. The lowest BCUT2D eigenvalue weighted by Crippen LogP contribution is -2.50. The highest BCUT2D eigenvalue weighted by Gasteiger charge is 2.33. The number of aryl methyl sites for hydroxylation is 2. The van der Waals surface area contributed by atoms with Crippen LogP contribution in [0.5, 0.6) is 0 Å². The van der Waals surface area contributed by atoms with Crippen molar-refractivity contribution in [2.24, 2.45) is 0 Å². The number of piperazine rings is 1. The Hall–Kier alpha value is -2.98. The smallest absolute Gasteiger partial charge is 0.293 e. The summed E-state index contributed by atoms with van der Waals surface area (Å²) in [7, 11) is -2.14. The molecule has 0 atom stereocenters. The van der Waals surface area contributed by atoms with Crippen LogP contribution in [0.4, 0.5) is 11.4 Å². The van der Waals surface area contributed by atoms with Gasteiger partial charge in [-0.05, 0) is 62.1 Å². The van der Waals surface area contributed by atoms with Gasteiger partial charge in [-0.1, -0.05) is 6.07 Å². The fourth-order valence-corrected chi connectivity index (χ4v) is 6.04. The molecule has 10 heteroatoms. The van der Waals surface area contributed by atoms with E-state index in [2.05, 4.69) is 5.32 Å². The molecule has 0 unspecified atom stereocenters. The van der Waals surface area contributed by atoms with Crippen LogP contribution >= 0.6 is 0 Å². The minimum Gasteiger partial charge on any atom is -0.383 e. The van der Waals surface area contributed by atoms with Gasteiger partial charge in [-0.15, -0.1) is 0 Å². The molecule has 0 spiro atoms. The van der Waals surface area contributed by atoms with Crippen LogP contribution in [0.15, 0.2) is 29.2 Å². The minimum atomic E-state index is -3.71. The maximum absolute atomic E-state index is 13.4. The van der Waals surface area contributed by atoms with E-state index in [1.165, 1.54) is 27.4 Å². The van der Waals surface area contributed by atoms with Gasteiger partial charge in [0.05, 0.1) is 9.82 Å². The molecule has 0 bridgehead atoms. The molecule has 0 aliphatic carbocycles. The predicted octanol–water partition coefficient (Wildman–Crippen LogP) is 3.02. The van der Waals surface area contributed by atoms with Crippen LogP contribution in [0, 0.1) is 37.8 Å². The highest BCUT2D eigenvalue weighted by atomic mass is 32.2. The molecule has 3 rings (SSSR count). The summed E-state index contributed by atoms with van der Waals surface area (Å²) in [6.45, 7) is 8.18. The zero-order valence-electron chi connectivity index (χ0n) is 18.9. The van der Waals surface area contributed by atoms with Gasteiger partial charge in [0.25, 0.3) is 11.6 Å². The lowest BCUT2D eigenvalue weighted by atomic mass is 10.0. The number of hydrogen-bond donors (Lipinski definition) is 1. The fourth-order valence-electron chi connectivity index (χ4n) is 4.04. The average molecular weight is 461 g/mol. The van der Waals surface area contributed by atoms with Crippen molar-refractivity contribution >= 4 is 27.3 Å². The summed E-state index contributed by atoms with van der Waals surface area (Å²) >= 11 is 0. The maximum Gasteiger partial charge on any atom is 0.293 e. The zero-order valence-corrected chi connectivity index (χ0v) is 19.7.